The van der Waals surface area contributed by atoms with E-state index in [1.165, 1.54) is 0 Å². The number of carbonyl (C=O) groups excluding carboxylic acids is 1. The maximum atomic E-state index is 11.5. The lowest BCUT2D eigenvalue weighted by molar-refractivity contribution is -0.120. The van der Waals surface area contributed by atoms with Crippen molar-refractivity contribution < 1.29 is 9.53 Å². The highest BCUT2D eigenvalue weighted by Gasteiger charge is 2.02. The number of carbonyl (C=O) groups is 1. The van der Waals surface area contributed by atoms with Crippen LogP contribution in [0.2, 0.25) is 5.02 Å². The van der Waals surface area contributed by atoms with Crippen LogP contribution in [-0.2, 0) is 16.0 Å². The van der Waals surface area contributed by atoms with Crippen molar-refractivity contribution in [1.29, 1.82) is 0 Å². The van der Waals surface area contributed by atoms with Crippen molar-refractivity contribution in [3.8, 4) is 0 Å². The van der Waals surface area contributed by atoms with Crippen LogP contribution >= 0.6 is 11.6 Å². The minimum absolute atomic E-state index is 0.0244. The number of nitrogens with two attached hydrogens (primary N) is 1. The third-order valence-electron chi connectivity index (χ3n) is 2.11. The van der Waals surface area contributed by atoms with Crippen LogP contribution < -0.4 is 11.1 Å². The molecule has 1 aromatic rings. The highest BCUT2D eigenvalue weighted by atomic mass is 35.5. The predicted octanol–water partition coefficient (Wildman–Crippen LogP) is 0.974. The summed E-state index contributed by atoms with van der Waals surface area (Å²) < 4.78 is 5.14. The Labute approximate surface area is 106 Å². The molecular weight excluding hydrogens is 240 g/mol. The molecule has 0 aliphatic heterocycles. The number of nitrogens with one attached hydrogen (secondary N) is 1. The topological polar surface area (TPSA) is 64.3 Å². The van der Waals surface area contributed by atoms with Crippen LogP contribution in [0, 0.1) is 0 Å². The van der Waals surface area contributed by atoms with Crippen molar-refractivity contribution in [2.24, 2.45) is 5.73 Å². The minimum atomic E-state index is -0.0244. The van der Waals surface area contributed by atoms with E-state index in [0.29, 0.717) is 37.7 Å². The molecule has 0 aromatic heterocycles. The van der Waals surface area contributed by atoms with E-state index in [0.717, 1.165) is 5.56 Å². The summed E-state index contributed by atoms with van der Waals surface area (Å²) in [4.78, 5) is 11.5. The number of hydrogen-bond donors (Lipinski definition) is 2. The second-order valence-corrected chi connectivity index (χ2v) is 3.99. The first kappa shape index (κ1) is 14.0. The molecule has 0 atom stereocenters. The van der Waals surface area contributed by atoms with E-state index in [1.807, 2.05) is 12.1 Å². The first-order valence-corrected chi connectivity index (χ1v) is 5.89. The lowest BCUT2D eigenvalue weighted by Crippen LogP contribution is -2.29. The van der Waals surface area contributed by atoms with E-state index in [9.17, 15) is 4.79 Å². The van der Waals surface area contributed by atoms with Crippen molar-refractivity contribution in [1.82, 2.24) is 5.32 Å². The van der Waals surface area contributed by atoms with Gasteiger partial charge in [-0.15, -0.1) is 0 Å². The van der Waals surface area contributed by atoms with Gasteiger partial charge in [-0.05, 0) is 17.7 Å². The molecule has 0 aliphatic rings. The summed E-state index contributed by atoms with van der Waals surface area (Å²) in [5, 5.41) is 3.44. The van der Waals surface area contributed by atoms with Crippen molar-refractivity contribution in [2.45, 2.75) is 6.42 Å². The fourth-order valence-electron chi connectivity index (χ4n) is 1.30. The number of halogens is 1. The Bertz CT molecular complexity index is 341. The molecular formula is C12H17ClN2O2. The quantitative estimate of drug-likeness (QED) is 0.715. The van der Waals surface area contributed by atoms with Crippen LogP contribution in [0.15, 0.2) is 24.3 Å². The first-order valence-electron chi connectivity index (χ1n) is 5.51. The van der Waals surface area contributed by atoms with Gasteiger partial charge in [-0.1, -0.05) is 23.7 Å². The molecule has 0 radical (unpaired) electrons. The van der Waals surface area contributed by atoms with Gasteiger partial charge in [0.2, 0.25) is 5.91 Å². The summed E-state index contributed by atoms with van der Waals surface area (Å²) in [6.07, 6.45) is 0.355. The van der Waals surface area contributed by atoms with Gasteiger partial charge in [0.15, 0.2) is 0 Å². The summed E-state index contributed by atoms with van der Waals surface area (Å²) in [5.41, 5.74) is 6.20. The number of rotatable bonds is 7. The molecule has 1 rings (SSSR count). The van der Waals surface area contributed by atoms with Crippen LogP contribution in [0.1, 0.15) is 5.56 Å². The van der Waals surface area contributed by atoms with Crippen LogP contribution in [0.3, 0.4) is 0 Å². The average molecular weight is 257 g/mol. The molecule has 5 heteroatoms. The fourth-order valence-corrected chi connectivity index (χ4v) is 1.42. The van der Waals surface area contributed by atoms with Gasteiger partial charge in [-0.2, -0.15) is 0 Å². The van der Waals surface area contributed by atoms with E-state index < -0.39 is 0 Å². The highest BCUT2D eigenvalue weighted by Crippen LogP contribution is 2.09. The average Bonchev–Trinajstić information content (AvgIpc) is 2.32. The van der Waals surface area contributed by atoms with E-state index in [1.54, 1.807) is 12.1 Å². The molecule has 0 bridgehead atoms. The van der Waals surface area contributed by atoms with Crippen LogP contribution in [0.25, 0.3) is 0 Å². The van der Waals surface area contributed by atoms with Gasteiger partial charge >= 0.3 is 0 Å². The molecule has 0 spiro atoms. The molecule has 17 heavy (non-hydrogen) atoms. The number of ether oxygens (including phenoxy) is 1. The Morgan fingerprint density at radius 1 is 1.29 bits per heavy atom. The van der Waals surface area contributed by atoms with Crippen LogP contribution in [-0.4, -0.2) is 32.2 Å². The largest absolute Gasteiger partial charge is 0.378 e. The van der Waals surface area contributed by atoms with Gasteiger partial charge in [0.05, 0.1) is 19.6 Å². The zero-order chi connectivity index (χ0) is 12.5. The van der Waals surface area contributed by atoms with Crippen molar-refractivity contribution in [3.63, 3.8) is 0 Å². The third-order valence-corrected chi connectivity index (χ3v) is 2.36. The molecule has 1 amide bonds. The number of benzene rings is 1. The second-order valence-electron chi connectivity index (χ2n) is 3.55. The highest BCUT2D eigenvalue weighted by molar-refractivity contribution is 6.30. The van der Waals surface area contributed by atoms with Crippen LogP contribution in [0.4, 0.5) is 0 Å². The molecule has 0 heterocycles. The minimum Gasteiger partial charge on any atom is -0.378 e. The number of hydrogen-bond acceptors (Lipinski definition) is 3. The molecule has 94 valence electrons. The van der Waals surface area contributed by atoms with E-state index in [2.05, 4.69) is 5.32 Å². The molecule has 0 aliphatic carbocycles. The maximum absolute atomic E-state index is 11.5. The smallest absolute Gasteiger partial charge is 0.224 e. The summed E-state index contributed by atoms with van der Waals surface area (Å²) >= 11 is 5.75. The zero-order valence-corrected chi connectivity index (χ0v) is 10.4. The molecule has 0 fully saturated rings. The molecule has 1 aromatic carbocycles. The summed E-state index contributed by atoms with van der Waals surface area (Å²) in [7, 11) is 0. The summed E-state index contributed by atoms with van der Waals surface area (Å²) in [6.45, 7) is 2.02. The van der Waals surface area contributed by atoms with E-state index in [-0.39, 0.29) is 5.91 Å². The summed E-state index contributed by atoms with van der Waals surface area (Å²) in [5.74, 6) is -0.0244. The normalized spacial score (nSPS) is 10.2. The van der Waals surface area contributed by atoms with Gasteiger partial charge in [-0.25, -0.2) is 0 Å². The Morgan fingerprint density at radius 2 is 2.00 bits per heavy atom. The monoisotopic (exact) mass is 256 g/mol. The Morgan fingerprint density at radius 3 is 2.65 bits per heavy atom. The third kappa shape index (κ3) is 6.26. The lowest BCUT2D eigenvalue weighted by Gasteiger charge is -2.06. The van der Waals surface area contributed by atoms with Crippen molar-refractivity contribution in [3.05, 3.63) is 34.9 Å². The SMILES string of the molecule is NCCOCCNC(=O)Cc1ccc(Cl)cc1. The van der Waals surface area contributed by atoms with Gasteiger partial charge in [-0.3, -0.25) is 4.79 Å². The predicted molar refractivity (Wildman–Crippen MR) is 68.0 cm³/mol. The van der Waals surface area contributed by atoms with Gasteiger partial charge < -0.3 is 15.8 Å². The second kappa shape index (κ2) is 8.06. The molecule has 0 saturated heterocycles. The first-order chi connectivity index (χ1) is 8.22. The van der Waals surface area contributed by atoms with Crippen LogP contribution in [0.5, 0.6) is 0 Å². The Hall–Kier alpha value is -1.10. The van der Waals surface area contributed by atoms with Gasteiger partial charge in [0.1, 0.15) is 0 Å². The van der Waals surface area contributed by atoms with Crippen molar-refractivity contribution in [2.75, 3.05) is 26.3 Å². The molecule has 3 N–H and O–H groups in total. The van der Waals surface area contributed by atoms with Gasteiger partial charge in [0, 0.05) is 18.1 Å². The summed E-state index contributed by atoms with van der Waals surface area (Å²) in [6, 6.07) is 7.22. The number of amides is 1. The lowest BCUT2D eigenvalue weighted by atomic mass is 10.1. The van der Waals surface area contributed by atoms with Gasteiger partial charge in [0.25, 0.3) is 0 Å². The molecule has 4 nitrogen and oxygen atoms in total. The molecule has 0 unspecified atom stereocenters. The van der Waals surface area contributed by atoms with Crippen molar-refractivity contribution >= 4 is 17.5 Å². The maximum Gasteiger partial charge on any atom is 0.224 e. The standard InChI is InChI=1S/C12H17ClN2O2/c13-11-3-1-10(2-4-11)9-12(16)15-6-8-17-7-5-14/h1-4H,5-9,14H2,(H,15,16). The fraction of sp³-hybridized carbons (Fsp3) is 0.417. The molecule has 0 saturated carbocycles. The zero-order valence-electron chi connectivity index (χ0n) is 9.62. The Kier molecular flexibility index (Phi) is 6.62. The van der Waals surface area contributed by atoms with E-state index in [4.69, 9.17) is 22.1 Å². The Balaban J connectivity index is 2.18. The van der Waals surface area contributed by atoms with E-state index >= 15 is 0 Å².